The van der Waals surface area contributed by atoms with Crippen molar-refractivity contribution >= 4 is 0 Å². The highest BCUT2D eigenvalue weighted by molar-refractivity contribution is 5.42. The summed E-state index contributed by atoms with van der Waals surface area (Å²) in [5.41, 5.74) is 2.53. The second kappa shape index (κ2) is 4.75. The normalized spacial score (nSPS) is 12.1. The first-order valence-corrected chi connectivity index (χ1v) is 4.51. The van der Waals surface area contributed by atoms with Gasteiger partial charge in [-0.05, 0) is 31.2 Å². The predicted molar refractivity (Wildman–Crippen MR) is 54.8 cm³/mol. The number of aliphatic hydroxyl groups excluding tert-OH is 1. The van der Waals surface area contributed by atoms with Gasteiger partial charge in [0.05, 0.1) is 24.3 Å². The molecule has 0 aliphatic rings. The minimum absolute atomic E-state index is 0.00571. The first-order valence-electron chi connectivity index (χ1n) is 4.51. The van der Waals surface area contributed by atoms with Crippen LogP contribution in [0.5, 0.6) is 0 Å². The van der Waals surface area contributed by atoms with Crippen LogP contribution >= 0.6 is 0 Å². The zero-order valence-electron chi connectivity index (χ0n) is 8.41. The number of nitriles is 1. The van der Waals surface area contributed by atoms with E-state index in [1.807, 2.05) is 25.1 Å². The quantitative estimate of drug-likeness (QED) is 0.751. The monoisotopic (exact) mass is 190 g/mol. The Morgan fingerprint density at radius 1 is 1.57 bits per heavy atom. The van der Waals surface area contributed by atoms with Gasteiger partial charge in [0.25, 0.3) is 0 Å². The number of benzene rings is 1. The molecule has 0 radical (unpaired) electrons. The van der Waals surface area contributed by atoms with Gasteiger partial charge in [0, 0.05) is 0 Å². The van der Waals surface area contributed by atoms with Crippen molar-refractivity contribution in [3.8, 4) is 6.07 Å². The van der Waals surface area contributed by atoms with Crippen molar-refractivity contribution < 1.29 is 5.11 Å². The van der Waals surface area contributed by atoms with Crippen molar-refractivity contribution in [2.45, 2.75) is 13.0 Å². The molecular formula is C11H14N2O. The molecule has 0 heterocycles. The van der Waals surface area contributed by atoms with E-state index in [2.05, 4.69) is 11.4 Å². The Balaban J connectivity index is 3.14. The maximum absolute atomic E-state index is 9.10. The first-order chi connectivity index (χ1) is 6.72. The Bertz CT molecular complexity index is 351. The minimum Gasteiger partial charge on any atom is -0.394 e. The number of rotatable bonds is 3. The molecule has 0 aliphatic carbocycles. The Labute approximate surface area is 84.0 Å². The Kier molecular flexibility index (Phi) is 3.63. The average molecular weight is 190 g/mol. The molecule has 0 amide bonds. The molecule has 74 valence electrons. The molecule has 0 aliphatic heterocycles. The summed E-state index contributed by atoms with van der Waals surface area (Å²) in [5, 5.41) is 21.0. The molecule has 1 rings (SSSR count). The van der Waals surface area contributed by atoms with E-state index in [0.29, 0.717) is 5.56 Å². The summed E-state index contributed by atoms with van der Waals surface area (Å²) in [6, 6.07) is 7.62. The third-order valence-corrected chi connectivity index (χ3v) is 2.24. The van der Waals surface area contributed by atoms with E-state index in [1.54, 1.807) is 7.05 Å². The molecule has 0 saturated heterocycles. The molecule has 1 aromatic rings. The Hall–Kier alpha value is -1.37. The van der Waals surface area contributed by atoms with E-state index in [1.165, 1.54) is 0 Å². The summed E-state index contributed by atoms with van der Waals surface area (Å²) in [6.07, 6.45) is 0. The van der Waals surface area contributed by atoms with Crippen molar-refractivity contribution in [3.05, 3.63) is 34.9 Å². The van der Waals surface area contributed by atoms with E-state index in [-0.39, 0.29) is 12.6 Å². The molecule has 2 N–H and O–H groups in total. The van der Waals surface area contributed by atoms with E-state index >= 15 is 0 Å². The lowest BCUT2D eigenvalue weighted by Gasteiger charge is -2.15. The average Bonchev–Trinajstić information content (AvgIpc) is 2.21. The molecule has 3 heteroatoms. The summed E-state index contributed by atoms with van der Waals surface area (Å²) >= 11 is 0. The van der Waals surface area contributed by atoms with Gasteiger partial charge < -0.3 is 10.4 Å². The Morgan fingerprint density at radius 2 is 2.29 bits per heavy atom. The summed E-state index contributed by atoms with van der Waals surface area (Å²) in [5.74, 6) is 0. The van der Waals surface area contributed by atoms with Crippen LogP contribution < -0.4 is 5.32 Å². The maximum Gasteiger partial charge on any atom is 0.0995 e. The summed E-state index contributed by atoms with van der Waals surface area (Å²) in [6.45, 7) is 1.94. The lowest BCUT2D eigenvalue weighted by molar-refractivity contribution is 0.251. The van der Waals surface area contributed by atoms with Crippen LogP contribution in [0.4, 0.5) is 0 Å². The number of aliphatic hydroxyl groups is 1. The first kappa shape index (κ1) is 10.7. The summed E-state index contributed by atoms with van der Waals surface area (Å²) < 4.78 is 0. The number of likely N-dealkylation sites (N-methyl/N-ethyl adjacent to an activating group) is 1. The van der Waals surface area contributed by atoms with E-state index in [9.17, 15) is 0 Å². The van der Waals surface area contributed by atoms with Crippen molar-refractivity contribution in [3.63, 3.8) is 0 Å². The second-order valence-corrected chi connectivity index (χ2v) is 3.23. The largest absolute Gasteiger partial charge is 0.394 e. The fraction of sp³-hybridized carbons (Fsp3) is 0.364. The summed E-state index contributed by atoms with van der Waals surface area (Å²) in [4.78, 5) is 0. The number of nitrogens with one attached hydrogen (secondary N) is 1. The van der Waals surface area contributed by atoms with Gasteiger partial charge in [0.15, 0.2) is 0 Å². The van der Waals surface area contributed by atoms with Crippen molar-refractivity contribution in [1.82, 2.24) is 5.32 Å². The standard InChI is InChI=1S/C11H14N2O/c1-8-3-4-10(9(5-8)6-12)11(7-14)13-2/h3-5,11,13-14H,7H2,1-2H3/t11-/m0/s1. The van der Waals surface area contributed by atoms with Crippen LogP contribution in [0.3, 0.4) is 0 Å². The molecular weight excluding hydrogens is 176 g/mol. The van der Waals surface area contributed by atoms with Crippen molar-refractivity contribution in [2.75, 3.05) is 13.7 Å². The molecule has 0 aromatic heterocycles. The fourth-order valence-electron chi connectivity index (χ4n) is 1.42. The smallest absolute Gasteiger partial charge is 0.0995 e. The van der Waals surface area contributed by atoms with Gasteiger partial charge in [-0.1, -0.05) is 12.1 Å². The van der Waals surface area contributed by atoms with Gasteiger partial charge in [0.2, 0.25) is 0 Å². The molecule has 0 spiro atoms. The third-order valence-electron chi connectivity index (χ3n) is 2.24. The van der Waals surface area contributed by atoms with Crippen LogP contribution in [0.1, 0.15) is 22.7 Å². The Morgan fingerprint density at radius 3 is 2.79 bits per heavy atom. The molecule has 1 atom stereocenters. The molecule has 0 bridgehead atoms. The van der Waals surface area contributed by atoms with E-state index in [4.69, 9.17) is 10.4 Å². The number of aryl methyl sites for hydroxylation is 1. The molecule has 0 saturated carbocycles. The van der Waals surface area contributed by atoms with Gasteiger partial charge in [-0.2, -0.15) is 5.26 Å². The van der Waals surface area contributed by atoms with E-state index in [0.717, 1.165) is 11.1 Å². The SMILES string of the molecule is CN[C@@H](CO)c1ccc(C)cc1C#N. The van der Waals surface area contributed by atoms with Gasteiger partial charge in [0.1, 0.15) is 0 Å². The molecule has 0 fully saturated rings. The fourth-order valence-corrected chi connectivity index (χ4v) is 1.42. The van der Waals surface area contributed by atoms with Gasteiger partial charge in [-0.15, -0.1) is 0 Å². The maximum atomic E-state index is 9.10. The highest BCUT2D eigenvalue weighted by Gasteiger charge is 2.11. The highest BCUT2D eigenvalue weighted by atomic mass is 16.3. The minimum atomic E-state index is -0.162. The second-order valence-electron chi connectivity index (χ2n) is 3.23. The molecule has 3 nitrogen and oxygen atoms in total. The highest BCUT2D eigenvalue weighted by Crippen LogP contribution is 2.18. The van der Waals surface area contributed by atoms with Crippen molar-refractivity contribution in [1.29, 1.82) is 5.26 Å². The van der Waals surface area contributed by atoms with Crippen LogP contribution in [0.25, 0.3) is 0 Å². The topological polar surface area (TPSA) is 56.0 Å². The zero-order valence-corrected chi connectivity index (χ0v) is 8.41. The van der Waals surface area contributed by atoms with Gasteiger partial charge in [-0.25, -0.2) is 0 Å². The van der Waals surface area contributed by atoms with Crippen LogP contribution in [0.15, 0.2) is 18.2 Å². The van der Waals surface area contributed by atoms with E-state index < -0.39 is 0 Å². The lowest BCUT2D eigenvalue weighted by Crippen LogP contribution is -2.20. The number of nitrogens with zero attached hydrogens (tertiary/aromatic N) is 1. The molecule has 0 unspecified atom stereocenters. The third kappa shape index (κ3) is 2.11. The van der Waals surface area contributed by atoms with Gasteiger partial charge in [-0.3, -0.25) is 0 Å². The number of hydrogen-bond acceptors (Lipinski definition) is 3. The molecule has 1 aromatic carbocycles. The van der Waals surface area contributed by atoms with Crippen LogP contribution in [0.2, 0.25) is 0 Å². The van der Waals surface area contributed by atoms with Crippen LogP contribution in [-0.2, 0) is 0 Å². The lowest BCUT2D eigenvalue weighted by atomic mass is 9.99. The molecule has 14 heavy (non-hydrogen) atoms. The zero-order chi connectivity index (χ0) is 10.6. The van der Waals surface area contributed by atoms with Crippen molar-refractivity contribution in [2.24, 2.45) is 0 Å². The predicted octanol–water partition coefficient (Wildman–Crippen LogP) is 1.12. The summed E-state index contributed by atoms with van der Waals surface area (Å²) in [7, 11) is 1.77. The van der Waals surface area contributed by atoms with Gasteiger partial charge >= 0.3 is 0 Å². The van der Waals surface area contributed by atoms with Crippen LogP contribution in [-0.4, -0.2) is 18.8 Å². The number of hydrogen-bond donors (Lipinski definition) is 2. The van der Waals surface area contributed by atoms with Crippen LogP contribution in [0, 0.1) is 18.3 Å².